The van der Waals surface area contributed by atoms with Crippen molar-refractivity contribution < 1.29 is 4.79 Å². The van der Waals surface area contributed by atoms with E-state index in [1.54, 1.807) is 0 Å². The van der Waals surface area contributed by atoms with Crippen molar-refractivity contribution in [2.24, 2.45) is 11.8 Å². The number of carbonyl (C=O) groups is 1. The summed E-state index contributed by atoms with van der Waals surface area (Å²) in [5, 5.41) is 3.31. The van der Waals surface area contributed by atoms with Crippen LogP contribution in [0.15, 0.2) is 0 Å². The van der Waals surface area contributed by atoms with E-state index in [-0.39, 0.29) is 6.04 Å². The minimum Gasteiger partial charge on any atom is -0.326 e. The van der Waals surface area contributed by atoms with Crippen LogP contribution in [0.4, 0.5) is 0 Å². The van der Waals surface area contributed by atoms with Gasteiger partial charge in [0.15, 0.2) is 0 Å². The first-order valence-corrected chi connectivity index (χ1v) is 6.67. The summed E-state index contributed by atoms with van der Waals surface area (Å²) in [5.74, 6) is 1.91. The Hall–Kier alpha value is -0.570. The van der Waals surface area contributed by atoms with Gasteiger partial charge in [0, 0.05) is 6.04 Å². The Kier molecular flexibility index (Phi) is 3.53. The second-order valence-electron chi connectivity index (χ2n) is 5.55. The molecule has 3 heteroatoms. The zero-order chi connectivity index (χ0) is 11.7. The third kappa shape index (κ3) is 2.10. The van der Waals surface area contributed by atoms with Gasteiger partial charge in [0.2, 0.25) is 5.91 Å². The molecular weight excluding hydrogens is 200 g/mol. The van der Waals surface area contributed by atoms with Gasteiger partial charge >= 0.3 is 0 Å². The molecule has 1 heterocycles. The average molecular weight is 224 g/mol. The smallest absolute Gasteiger partial charge is 0.241 e. The van der Waals surface area contributed by atoms with Gasteiger partial charge in [-0.2, -0.15) is 0 Å². The van der Waals surface area contributed by atoms with E-state index >= 15 is 0 Å². The van der Waals surface area contributed by atoms with Crippen molar-refractivity contribution in [3.05, 3.63) is 0 Å². The molecule has 0 aromatic heterocycles. The minimum atomic E-state index is 0.0784. The van der Waals surface area contributed by atoms with Crippen LogP contribution >= 0.6 is 0 Å². The maximum Gasteiger partial charge on any atom is 0.241 e. The normalized spacial score (nSPS) is 40.4. The Morgan fingerprint density at radius 2 is 2.06 bits per heavy atom. The number of nitrogens with zero attached hydrogens (tertiary/aromatic N) is 1. The topological polar surface area (TPSA) is 32.3 Å². The monoisotopic (exact) mass is 224 g/mol. The number of rotatable bonds is 2. The van der Waals surface area contributed by atoms with Crippen molar-refractivity contribution in [1.82, 2.24) is 10.2 Å². The van der Waals surface area contributed by atoms with Crippen LogP contribution in [0, 0.1) is 11.8 Å². The van der Waals surface area contributed by atoms with Crippen molar-refractivity contribution >= 4 is 5.91 Å². The van der Waals surface area contributed by atoms with Crippen LogP contribution in [-0.2, 0) is 4.79 Å². The van der Waals surface area contributed by atoms with Crippen LogP contribution in [0.25, 0.3) is 0 Å². The molecule has 1 saturated heterocycles. The van der Waals surface area contributed by atoms with Crippen LogP contribution in [0.1, 0.15) is 46.5 Å². The fraction of sp³-hybridized carbons (Fsp3) is 0.923. The molecule has 2 aliphatic rings. The zero-order valence-electron chi connectivity index (χ0n) is 10.7. The first-order chi connectivity index (χ1) is 7.63. The van der Waals surface area contributed by atoms with Gasteiger partial charge in [0.1, 0.15) is 0 Å². The van der Waals surface area contributed by atoms with Gasteiger partial charge in [-0.25, -0.2) is 0 Å². The Morgan fingerprint density at radius 3 is 2.62 bits per heavy atom. The summed E-state index contributed by atoms with van der Waals surface area (Å²) < 4.78 is 0. The molecule has 2 rings (SSSR count). The van der Waals surface area contributed by atoms with E-state index in [4.69, 9.17) is 0 Å². The minimum absolute atomic E-state index is 0.0784. The molecule has 92 valence electrons. The van der Waals surface area contributed by atoms with Gasteiger partial charge in [-0.1, -0.05) is 20.8 Å². The van der Waals surface area contributed by atoms with Crippen molar-refractivity contribution in [3.8, 4) is 0 Å². The van der Waals surface area contributed by atoms with Gasteiger partial charge in [0.05, 0.1) is 12.7 Å². The standard InChI is InChI=1S/C13H24N2O/c1-4-12-13(16)15(8-14-12)11-6-5-9(2)10(3)7-11/h9-12,14H,4-8H2,1-3H3. The molecule has 1 aliphatic carbocycles. The lowest BCUT2D eigenvalue weighted by atomic mass is 9.78. The summed E-state index contributed by atoms with van der Waals surface area (Å²) in [7, 11) is 0. The summed E-state index contributed by atoms with van der Waals surface area (Å²) >= 11 is 0. The molecule has 1 aliphatic heterocycles. The maximum absolute atomic E-state index is 12.1. The average Bonchev–Trinajstić information content (AvgIpc) is 2.64. The molecule has 3 nitrogen and oxygen atoms in total. The first kappa shape index (κ1) is 11.9. The quantitative estimate of drug-likeness (QED) is 0.778. The molecule has 4 atom stereocenters. The summed E-state index contributed by atoms with van der Waals surface area (Å²) in [6, 6.07) is 0.567. The highest BCUT2D eigenvalue weighted by Crippen LogP contribution is 2.32. The lowest BCUT2D eigenvalue weighted by molar-refractivity contribution is -0.131. The van der Waals surface area contributed by atoms with E-state index in [0.717, 1.165) is 24.9 Å². The molecule has 0 bridgehead atoms. The van der Waals surface area contributed by atoms with Gasteiger partial charge in [-0.15, -0.1) is 0 Å². The molecule has 0 spiro atoms. The van der Waals surface area contributed by atoms with Gasteiger partial charge in [0.25, 0.3) is 0 Å². The zero-order valence-corrected chi connectivity index (χ0v) is 10.7. The summed E-state index contributed by atoms with van der Waals surface area (Å²) in [6.45, 7) is 7.50. The van der Waals surface area contributed by atoms with Crippen LogP contribution in [0.3, 0.4) is 0 Å². The molecule has 1 N–H and O–H groups in total. The van der Waals surface area contributed by atoms with Crippen molar-refractivity contribution in [1.29, 1.82) is 0 Å². The van der Waals surface area contributed by atoms with E-state index < -0.39 is 0 Å². The van der Waals surface area contributed by atoms with E-state index in [2.05, 4.69) is 31.0 Å². The fourth-order valence-electron chi connectivity index (χ4n) is 3.00. The third-order valence-electron chi connectivity index (χ3n) is 4.51. The van der Waals surface area contributed by atoms with E-state index in [1.165, 1.54) is 19.3 Å². The molecule has 2 fully saturated rings. The van der Waals surface area contributed by atoms with E-state index in [1.807, 2.05) is 0 Å². The van der Waals surface area contributed by atoms with Crippen molar-refractivity contribution in [2.75, 3.05) is 6.67 Å². The highest BCUT2D eigenvalue weighted by Gasteiger charge is 2.37. The Morgan fingerprint density at radius 1 is 1.31 bits per heavy atom. The van der Waals surface area contributed by atoms with Crippen LogP contribution in [0.5, 0.6) is 0 Å². The van der Waals surface area contributed by atoms with Crippen LogP contribution in [0.2, 0.25) is 0 Å². The molecule has 4 unspecified atom stereocenters. The molecule has 1 amide bonds. The number of carbonyl (C=O) groups excluding carboxylic acids is 1. The van der Waals surface area contributed by atoms with Crippen LogP contribution < -0.4 is 5.32 Å². The number of hydrogen-bond donors (Lipinski definition) is 1. The number of amides is 1. The molecule has 16 heavy (non-hydrogen) atoms. The maximum atomic E-state index is 12.1. The van der Waals surface area contributed by atoms with Gasteiger partial charge in [-0.3, -0.25) is 10.1 Å². The van der Waals surface area contributed by atoms with Gasteiger partial charge < -0.3 is 4.90 Å². The highest BCUT2D eigenvalue weighted by atomic mass is 16.2. The van der Waals surface area contributed by atoms with Crippen LogP contribution in [-0.4, -0.2) is 29.6 Å². The molecule has 1 saturated carbocycles. The van der Waals surface area contributed by atoms with E-state index in [0.29, 0.717) is 11.9 Å². The predicted octanol–water partition coefficient (Wildman–Crippen LogP) is 1.98. The molecule has 0 radical (unpaired) electrons. The Balaban J connectivity index is 1.96. The lowest BCUT2D eigenvalue weighted by Crippen LogP contribution is -2.42. The summed E-state index contributed by atoms with van der Waals surface area (Å²) in [6.07, 6.45) is 4.56. The molecular formula is C13H24N2O. The summed E-state index contributed by atoms with van der Waals surface area (Å²) in [5.41, 5.74) is 0. The highest BCUT2D eigenvalue weighted by molar-refractivity contribution is 5.84. The SMILES string of the molecule is CCC1NCN(C2CCC(C)C(C)C2)C1=O. The summed E-state index contributed by atoms with van der Waals surface area (Å²) in [4.78, 5) is 14.2. The number of hydrogen-bond acceptors (Lipinski definition) is 2. The third-order valence-corrected chi connectivity index (χ3v) is 4.51. The van der Waals surface area contributed by atoms with Crippen molar-refractivity contribution in [3.63, 3.8) is 0 Å². The van der Waals surface area contributed by atoms with Gasteiger partial charge in [-0.05, 0) is 37.5 Å². The second-order valence-corrected chi connectivity index (χ2v) is 5.55. The molecule has 0 aromatic rings. The Bertz CT molecular complexity index is 267. The number of nitrogens with one attached hydrogen (secondary N) is 1. The lowest BCUT2D eigenvalue weighted by Gasteiger charge is -2.37. The van der Waals surface area contributed by atoms with E-state index in [9.17, 15) is 4.79 Å². The second kappa shape index (κ2) is 4.74. The Labute approximate surface area is 98.6 Å². The first-order valence-electron chi connectivity index (χ1n) is 6.67. The largest absolute Gasteiger partial charge is 0.326 e. The predicted molar refractivity (Wildman–Crippen MR) is 64.9 cm³/mol. The fourth-order valence-corrected chi connectivity index (χ4v) is 3.00. The van der Waals surface area contributed by atoms with Crippen molar-refractivity contribution in [2.45, 2.75) is 58.5 Å². The molecule has 0 aromatic carbocycles.